The number of aromatic nitrogens is 2. The number of furan rings is 1. The number of aryl methyl sites for hydroxylation is 2. The second-order valence-corrected chi connectivity index (χ2v) is 5.29. The van der Waals surface area contributed by atoms with E-state index < -0.39 is 0 Å². The van der Waals surface area contributed by atoms with Crippen molar-refractivity contribution in [1.82, 2.24) is 9.78 Å². The van der Waals surface area contributed by atoms with E-state index in [-0.39, 0.29) is 12.2 Å². The summed E-state index contributed by atoms with van der Waals surface area (Å²) in [5.41, 5.74) is 2.81. The van der Waals surface area contributed by atoms with Crippen molar-refractivity contribution in [3.8, 4) is 0 Å². The van der Waals surface area contributed by atoms with E-state index in [4.69, 9.17) is 16.0 Å². The fraction of sp³-hybridized carbons (Fsp3) is 0.250. The molecule has 0 fully saturated rings. The Balaban J connectivity index is 1.97. The van der Waals surface area contributed by atoms with Crippen molar-refractivity contribution >= 4 is 28.4 Å². The molecule has 0 saturated heterocycles. The van der Waals surface area contributed by atoms with Gasteiger partial charge < -0.3 is 4.42 Å². The molecular formula is C16H15ClN2O2. The fourth-order valence-corrected chi connectivity index (χ4v) is 2.68. The Kier molecular flexibility index (Phi) is 3.55. The van der Waals surface area contributed by atoms with Crippen molar-refractivity contribution in [2.24, 2.45) is 0 Å². The molecule has 0 bridgehead atoms. The highest BCUT2D eigenvalue weighted by Gasteiger charge is 2.19. The molecule has 0 spiro atoms. The lowest BCUT2D eigenvalue weighted by atomic mass is 10.1. The number of rotatable bonds is 4. The number of halogens is 1. The third kappa shape index (κ3) is 2.36. The maximum Gasteiger partial charge on any atom is 0.172 e. The molecule has 0 aliphatic heterocycles. The molecule has 0 aliphatic rings. The van der Waals surface area contributed by atoms with E-state index in [1.807, 2.05) is 38.1 Å². The lowest BCUT2D eigenvalue weighted by Crippen LogP contribution is -2.09. The minimum Gasteiger partial charge on any atom is -0.464 e. The van der Waals surface area contributed by atoms with Gasteiger partial charge in [-0.1, -0.05) is 29.8 Å². The zero-order valence-corrected chi connectivity index (χ0v) is 12.6. The summed E-state index contributed by atoms with van der Waals surface area (Å²) in [7, 11) is 0. The van der Waals surface area contributed by atoms with Crippen molar-refractivity contribution in [1.29, 1.82) is 0 Å². The van der Waals surface area contributed by atoms with Crippen molar-refractivity contribution in [3.63, 3.8) is 0 Å². The highest BCUT2D eigenvalue weighted by atomic mass is 35.5. The molecule has 3 aromatic rings. The van der Waals surface area contributed by atoms with Crippen LogP contribution in [0.15, 0.2) is 34.9 Å². The lowest BCUT2D eigenvalue weighted by Gasteiger charge is -2.04. The first-order chi connectivity index (χ1) is 10.1. The lowest BCUT2D eigenvalue weighted by molar-refractivity contribution is 0.0991. The maximum atomic E-state index is 12.6. The van der Waals surface area contributed by atoms with Gasteiger partial charge in [-0.25, -0.2) is 0 Å². The first-order valence-corrected chi connectivity index (χ1v) is 7.20. The Morgan fingerprint density at radius 1 is 1.38 bits per heavy atom. The summed E-state index contributed by atoms with van der Waals surface area (Å²) < 4.78 is 7.20. The Morgan fingerprint density at radius 3 is 2.90 bits per heavy atom. The molecule has 0 aliphatic carbocycles. The average Bonchev–Trinajstić information content (AvgIpc) is 3.03. The van der Waals surface area contributed by atoms with E-state index in [0.717, 1.165) is 16.8 Å². The number of hydrogen-bond acceptors (Lipinski definition) is 3. The smallest absolute Gasteiger partial charge is 0.172 e. The highest BCUT2D eigenvalue weighted by Crippen LogP contribution is 2.25. The number of Topliss-reactive ketones (excluding diaryl/α,β-unsaturated/α-hetero) is 1. The Hall–Kier alpha value is -2.07. The molecule has 5 heteroatoms. The van der Waals surface area contributed by atoms with Crippen molar-refractivity contribution < 1.29 is 9.21 Å². The van der Waals surface area contributed by atoms with Crippen LogP contribution in [-0.2, 0) is 13.0 Å². The van der Waals surface area contributed by atoms with Gasteiger partial charge in [0.05, 0.1) is 28.4 Å². The number of nitrogens with zero attached hydrogens (tertiary/aromatic N) is 2. The van der Waals surface area contributed by atoms with Crippen LogP contribution in [0.1, 0.15) is 28.7 Å². The van der Waals surface area contributed by atoms with Gasteiger partial charge in [0, 0.05) is 11.9 Å². The molecule has 0 radical (unpaired) electrons. The van der Waals surface area contributed by atoms with Gasteiger partial charge >= 0.3 is 0 Å². The van der Waals surface area contributed by atoms with Crippen LogP contribution >= 0.6 is 11.6 Å². The van der Waals surface area contributed by atoms with E-state index in [0.29, 0.717) is 22.7 Å². The summed E-state index contributed by atoms with van der Waals surface area (Å²) >= 11 is 6.26. The quantitative estimate of drug-likeness (QED) is 0.683. The van der Waals surface area contributed by atoms with E-state index in [9.17, 15) is 4.79 Å². The molecule has 3 rings (SSSR count). The van der Waals surface area contributed by atoms with Gasteiger partial charge in [-0.15, -0.1) is 0 Å². The molecule has 108 valence electrons. The third-order valence-electron chi connectivity index (χ3n) is 3.56. The van der Waals surface area contributed by atoms with E-state index in [2.05, 4.69) is 5.10 Å². The minimum atomic E-state index is -0.0172. The number of carbonyl (C=O) groups excluding carboxylic acids is 1. The molecule has 4 nitrogen and oxygen atoms in total. The van der Waals surface area contributed by atoms with E-state index in [1.165, 1.54) is 6.26 Å². The summed E-state index contributed by atoms with van der Waals surface area (Å²) in [6, 6.07) is 7.50. The molecule has 0 atom stereocenters. The second kappa shape index (κ2) is 5.37. The summed E-state index contributed by atoms with van der Waals surface area (Å²) in [4.78, 5) is 12.6. The molecule has 2 aromatic heterocycles. The molecule has 21 heavy (non-hydrogen) atoms. The van der Waals surface area contributed by atoms with Gasteiger partial charge in [-0.3, -0.25) is 9.48 Å². The third-order valence-corrected chi connectivity index (χ3v) is 4.05. The van der Waals surface area contributed by atoms with Gasteiger partial charge in [0.1, 0.15) is 11.8 Å². The Labute approximate surface area is 127 Å². The first kappa shape index (κ1) is 13.9. The number of hydrogen-bond donors (Lipinski definition) is 0. The summed E-state index contributed by atoms with van der Waals surface area (Å²) in [5, 5.41) is 5.73. The van der Waals surface area contributed by atoms with Crippen LogP contribution in [0.4, 0.5) is 0 Å². The predicted octanol–water partition coefficient (Wildman–Crippen LogP) is 4.04. The van der Waals surface area contributed by atoms with Gasteiger partial charge in [-0.2, -0.15) is 5.10 Å². The van der Waals surface area contributed by atoms with Crippen LogP contribution in [-0.4, -0.2) is 15.6 Å². The molecule has 1 aromatic carbocycles. The number of para-hydroxylation sites is 1. The van der Waals surface area contributed by atoms with Crippen LogP contribution in [0.25, 0.3) is 11.0 Å². The minimum absolute atomic E-state index is 0.0172. The van der Waals surface area contributed by atoms with Crippen LogP contribution in [0.2, 0.25) is 5.02 Å². The number of ketones is 1. The molecule has 2 heterocycles. The van der Waals surface area contributed by atoms with Gasteiger partial charge in [0.2, 0.25) is 0 Å². The van der Waals surface area contributed by atoms with E-state index in [1.54, 1.807) is 4.68 Å². The monoisotopic (exact) mass is 302 g/mol. The second-order valence-electron chi connectivity index (χ2n) is 4.91. The maximum absolute atomic E-state index is 12.6. The number of fused-ring (bicyclic) bond motifs is 1. The Bertz CT molecular complexity index is 817. The van der Waals surface area contributed by atoms with Gasteiger partial charge in [-0.05, 0) is 19.9 Å². The molecule has 0 saturated carbocycles. The van der Waals surface area contributed by atoms with Gasteiger partial charge in [0.25, 0.3) is 0 Å². The van der Waals surface area contributed by atoms with Crippen LogP contribution in [0, 0.1) is 6.92 Å². The molecular weight excluding hydrogens is 288 g/mol. The van der Waals surface area contributed by atoms with Crippen LogP contribution in [0.5, 0.6) is 0 Å². The topological polar surface area (TPSA) is 48.0 Å². The summed E-state index contributed by atoms with van der Waals surface area (Å²) in [6.07, 6.45) is 1.73. The SMILES string of the molecule is CCn1nc(C)c(Cl)c1CC(=O)c1coc2ccccc12. The fourth-order valence-electron chi connectivity index (χ4n) is 2.48. The molecule has 0 N–H and O–H groups in total. The average molecular weight is 303 g/mol. The van der Waals surface area contributed by atoms with Crippen molar-refractivity contribution in [2.75, 3.05) is 0 Å². The van der Waals surface area contributed by atoms with E-state index >= 15 is 0 Å². The van der Waals surface area contributed by atoms with Gasteiger partial charge in [0.15, 0.2) is 5.78 Å². The zero-order chi connectivity index (χ0) is 15.0. The van der Waals surface area contributed by atoms with Crippen LogP contribution in [0.3, 0.4) is 0 Å². The van der Waals surface area contributed by atoms with Crippen LogP contribution < -0.4 is 0 Å². The summed E-state index contributed by atoms with van der Waals surface area (Å²) in [5.74, 6) is -0.0172. The largest absolute Gasteiger partial charge is 0.464 e. The predicted molar refractivity (Wildman–Crippen MR) is 81.9 cm³/mol. The van der Waals surface area contributed by atoms with Crippen molar-refractivity contribution in [3.05, 3.63) is 52.5 Å². The summed E-state index contributed by atoms with van der Waals surface area (Å²) in [6.45, 7) is 4.50. The number of benzene rings is 1. The highest BCUT2D eigenvalue weighted by molar-refractivity contribution is 6.32. The number of carbonyl (C=O) groups is 1. The Morgan fingerprint density at radius 2 is 2.14 bits per heavy atom. The standard InChI is InChI=1S/C16H15ClN2O2/c1-3-19-13(16(17)10(2)18-19)8-14(20)12-9-21-15-7-5-4-6-11(12)15/h4-7,9H,3,8H2,1-2H3. The normalized spacial score (nSPS) is 11.2. The molecule has 0 amide bonds. The zero-order valence-electron chi connectivity index (χ0n) is 11.9. The first-order valence-electron chi connectivity index (χ1n) is 6.83. The molecule has 0 unspecified atom stereocenters. The van der Waals surface area contributed by atoms with Crippen molar-refractivity contribution in [2.45, 2.75) is 26.8 Å².